The number of aromatic nitrogens is 4. The van der Waals surface area contributed by atoms with Crippen LogP contribution < -0.4 is 4.90 Å². The van der Waals surface area contributed by atoms with E-state index in [1.54, 1.807) is 13.3 Å². The van der Waals surface area contributed by atoms with Gasteiger partial charge in [0.25, 0.3) is 5.78 Å². The third-order valence-corrected chi connectivity index (χ3v) is 6.40. The minimum atomic E-state index is 0. The zero-order valence-electron chi connectivity index (χ0n) is 17.6. The van der Waals surface area contributed by atoms with Gasteiger partial charge in [-0.3, -0.25) is 4.79 Å². The van der Waals surface area contributed by atoms with Crippen molar-refractivity contribution in [3.05, 3.63) is 18.1 Å². The fourth-order valence-corrected chi connectivity index (χ4v) is 4.98. The molecule has 2 fully saturated rings. The third-order valence-electron chi connectivity index (χ3n) is 6.40. The molecule has 0 bridgehead atoms. The van der Waals surface area contributed by atoms with E-state index in [-0.39, 0.29) is 18.3 Å². The Balaban J connectivity index is 0.00000240. The summed E-state index contributed by atoms with van der Waals surface area (Å²) < 4.78 is 1.87. The van der Waals surface area contributed by atoms with Gasteiger partial charge in [-0.05, 0) is 38.0 Å². The fourth-order valence-electron chi connectivity index (χ4n) is 4.98. The molecule has 7 nitrogen and oxygen atoms in total. The molecule has 0 radical (unpaired) electrons. The molecule has 4 heterocycles. The second-order valence-corrected chi connectivity index (χ2v) is 8.28. The standard InChI is InChI=1S/C21H32N6O.ClH/c1-3-7-18-14-20(27-21(24-18)22-15-23-27)25-12-9-17(10-13-25)19-8-5-4-6-11-26(19)16(2)28;/h14-15,17,19H,3-13H2,1-2H3;1H. The SMILES string of the molecule is CCCc1cc(N2CCC(C3CCCCCN3C(C)=O)CC2)n2ncnc2n1.Cl. The topological polar surface area (TPSA) is 66.6 Å². The lowest BCUT2D eigenvalue weighted by Crippen LogP contribution is -2.47. The van der Waals surface area contributed by atoms with Gasteiger partial charge in [-0.2, -0.15) is 14.6 Å². The highest BCUT2D eigenvalue weighted by atomic mass is 35.5. The van der Waals surface area contributed by atoms with Gasteiger partial charge in [0.05, 0.1) is 0 Å². The number of rotatable bonds is 4. The summed E-state index contributed by atoms with van der Waals surface area (Å²) in [6.45, 7) is 6.84. The maximum Gasteiger partial charge on any atom is 0.254 e. The minimum Gasteiger partial charge on any atom is -0.356 e. The summed E-state index contributed by atoms with van der Waals surface area (Å²) in [4.78, 5) is 25.7. The van der Waals surface area contributed by atoms with Crippen LogP contribution in [0.25, 0.3) is 5.78 Å². The molecule has 2 aromatic rings. The van der Waals surface area contributed by atoms with Gasteiger partial charge in [-0.25, -0.2) is 4.98 Å². The lowest BCUT2D eigenvalue weighted by atomic mass is 9.86. The highest BCUT2D eigenvalue weighted by Crippen LogP contribution is 2.32. The Morgan fingerprint density at radius 2 is 1.93 bits per heavy atom. The number of carbonyl (C=O) groups is 1. The minimum absolute atomic E-state index is 0. The number of hydrogen-bond donors (Lipinski definition) is 0. The van der Waals surface area contributed by atoms with E-state index in [1.807, 2.05) is 4.52 Å². The highest BCUT2D eigenvalue weighted by Gasteiger charge is 2.33. The summed E-state index contributed by atoms with van der Waals surface area (Å²) in [5.41, 5.74) is 1.09. The van der Waals surface area contributed by atoms with Crippen LogP contribution in [-0.2, 0) is 11.2 Å². The summed E-state index contributed by atoms with van der Waals surface area (Å²) in [5.74, 6) is 2.64. The first kappa shape index (κ1) is 21.8. The largest absolute Gasteiger partial charge is 0.356 e. The molecule has 160 valence electrons. The van der Waals surface area contributed by atoms with Gasteiger partial charge in [0.2, 0.25) is 5.91 Å². The number of piperidine rings is 1. The number of halogens is 1. The van der Waals surface area contributed by atoms with E-state index in [9.17, 15) is 4.79 Å². The second kappa shape index (κ2) is 9.74. The van der Waals surface area contributed by atoms with E-state index < -0.39 is 0 Å². The van der Waals surface area contributed by atoms with Crippen molar-refractivity contribution in [1.29, 1.82) is 0 Å². The number of hydrogen-bond acceptors (Lipinski definition) is 5. The summed E-state index contributed by atoms with van der Waals surface area (Å²) in [6, 6.07) is 2.60. The second-order valence-electron chi connectivity index (χ2n) is 8.28. The van der Waals surface area contributed by atoms with Crippen molar-refractivity contribution in [3.63, 3.8) is 0 Å². The monoisotopic (exact) mass is 420 g/mol. The van der Waals surface area contributed by atoms with Crippen molar-refractivity contribution in [3.8, 4) is 0 Å². The summed E-state index contributed by atoms with van der Waals surface area (Å²) in [5, 5.41) is 4.40. The summed E-state index contributed by atoms with van der Waals surface area (Å²) in [7, 11) is 0. The fraction of sp³-hybridized carbons (Fsp3) is 0.714. The quantitative estimate of drug-likeness (QED) is 0.757. The van der Waals surface area contributed by atoms with E-state index in [0.29, 0.717) is 17.7 Å². The molecule has 4 rings (SSSR count). The first-order chi connectivity index (χ1) is 13.7. The van der Waals surface area contributed by atoms with Crippen LogP contribution in [0.15, 0.2) is 12.4 Å². The molecular formula is C21H33ClN6O. The van der Waals surface area contributed by atoms with Gasteiger partial charge in [-0.15, -0.1) is 12.4 Å². The molecule has 0 N–H and O–H groups in total. The number of anilines is 1. The molecule has 2 aliphatic heterocycles. The van der Waals surface area contributed by atoms with Gasteiger partial charge in [0, 0.05) is 44.4 Å². The van der Waals surface area contributed by atoms with Crippen LogP contribution in [0.4, 0.5) is 5.82 Å². The number of carbonyl (C=O) groups excluding carboxylic acids is 1. The van der Waals surface area contributed by atoms with Crippen molar-refractivity contribution >= 4 is 29.9 Å². The molecule has 29 heavy (non-hydrogen) atoms. The number of amides is 1. The maximum absolute atomic E-state index is 12.2. The van der Waals surface area contributed by atoms with Gasteiger partial charge >= 0.3 is 0 Å². The Labute approximate surface area is 179 Å². The smallest absolute Gasteiger partial charge is 0.254 e. The molecule has 1 unspecified atom stereocenters. The van der Waals surface area contributed by atoms with E-state index in [2.05, 4.69) is 37.9 Å². The van der Waals surface area contributed by atoms with Crippen LogP contribution in [0.3, 0.4) is 0 Å². The van der Waals surface area contributed by atoms with E-state index in [4.69, 9.17) is 0 Å². The normalized spacial score (nSPS) is 21.1. The molecule has 0 aromatic carbocycles. The lowest BCUT2D eigenvalue weighted by molar-refractivity contribution is -0.132. The maximum atomic E-state index is 12.2. The van der Waals surface area contributed by atoms with Crippen molar-refractivity contribution in [1.82, 2.24) is 24.5 Å². The summed E-state index contributed by atoms with van der Waals surface area (Å²) in [6.07, 6.45) is 10.7. The Morgan fingerprint density at radius 3 is 2.66 bits per heavy atom. The molecular weight excluding hydrogens is 388 g/mol. The van der Waals surface area contributed by atoms with Gasteiger partial charge < -0.3 is 9.80 Å². The first-order valence-electron chi connectivity index (χ1n) is 10.9. The molecule has 0 aliphatic carbocycles. The number of nitrogens with zero attached hydrogens (tertiary/aromatic N) is 6. The van der Waals surface area contributed by atoms with Crippen LogP contribution in [0.5, 0.6) is 0 Å². The first-order valence-corrected chi connectivity index (χ1v) is 10.9. The molecule has 2 aromatic heterocycles. The Kier molecular flexibility index (Phi) is 7.33. The zero-order valence-corrected chi connectivity index (χ0v) is 18.4. The summed E-state index contributed by atoms with van der Waals surface area (Å²) >= 11 is 0. The number of fused-ring (bicyclic) bond motifs is 1. The lowest BCUT2D eigenvalue weighted by Gasteiger charge is -2.41. The van der Waals surface area contributed by atoms with E-state index in [1.165, 1.54) is 12.8 Å². The molecule has 0 saturated carbocycles. The van der Waals surface area contributed by atoms with E-state index >= 15 is 0 Å². The van der Waals surface area contributed by atoms with Crippen LogP contribution in [0, 0.1) is 5.92 Å². The van der Waals surface area contributed by atoms with Crippen LogP contribution in [-0.4, -0.2) is 56.1 Å². The van der Waals surface area contributed by atoms with Crippen LogP contribution >= 0.6 is 12.4 Å². The Bertz CT molecular complexity index is 817. The molecule has 8 heteroatoms. The van der Waals surface area contributed by atoms with Crippen LogP contribution in [0.2, 0.25) is 0 Å². The molecule has 0 spiro atoms. The van der Waals surface area contributed by atoms with Crippen molar-refractivity contribution in [2.24, 2.45) is 5.92 Å². The van der Waals surface area contributed by atoms with E-state index in [0.717, 1.165) is 69.7 Å². The van der Waals surface area contributed by atoms with Crippen molar-refractivity contribution in [2.75, 3.05) is 24.5 Å². The predicted molar refractivity (Wildman–Crippen MR) is 117 cm³/mol. The third kappa shape index (κ3) is 4.65. The number of likely N-dealkylation sites (tertiary alicyclic amines) is 1. The number of aryl methyl sites for hydroxylation is 1. The van der Waals surface area contributed by atoms with Crippen LogP contribution in [0.1, 0.15) is 64.5 Å². The van der Waals surface area contributed by atoms with Gasteiger partial charge in [-0.1, -0.05) is 26.2 Å². The zero-order chi connectivity index (χ0) is 19.5. The van der Waals surface area contributed by atoms with Gasteiger partial charge in [0.15, 0.2) is 0 Å². The van der Waals surface area contributed by atoms with Gasteiger partial charge in [0.1, 0.15) is 12.1 Å². The molecule has 1 atom stereocenters. The average Bonchev–Trinajstić information content (AvgIpc) is 3.03. The molecule has 2 aliphatic rings. The molecule has 1 amide bonds. The molecule has 2 saturated heterocycles. The Hall–Kier alpha value is -1.89. The van der Waals surface area contributed by atoms with Crippen molar-refractivity contribution < 1.29 is 4.79 Å². The predicted octanol–water partition coefficient (Wildman–Crippen LogP) is 3.51. The highest BCUT2D eigenvalue weighted by molar-refractivity contribution is 5.85. The van der Waals surface area contributed by atoms with Crippen molar-refractivity contribution in [2.45, 2.75) is 71.3 Å². The average molecular weight is 421 g/mol. The Morgan fingerprint density at radius 1 is 1.14 bits per heavy atom.